The van der Waals surface area contributed by atoms with Crippen molar-refractivity contribution in [1.82, 2.24) is 10.2 Å². The molecule has 1 N–H and O–H groups in total. The lowest BCUT2D eigenvalue weighted by Gasteiger charge is -2.40. The van der Waals surface area contributed by atoms with E-state index in [4.69, 9.17) is 0 Å². The molecule has 0 bridgehead atoms. The van der Waals surface area contributed by atoms with Gasteiger partial charge < -0.3 is 5.32 Å². The average molecular weight is 238 g/mol. The van der Waals surface area contributed by atoms with Crippen LogP contribution >= 0.6 is 0 Å². The number of hydrogen-bond acceptors (Lipinski definition) is 2. The minimum atomic E-state index is 0.798. The van der Waals surface area contributed by atoms with Gasteiger partial charge in [0, 0.05) is 25.2 Å². The van der Waals surface area contributed by atoms with E-state index in [0.717, 1.165) is 18.0 Å². The van der Waals surface area contributed by atoms with Gasteiger partial charge in [-0.05, 0) is 38.1 Å². The van der Waals surface area contributed by atoms with Crippen LogP contribution in [0.2, 0.25) is 0 Å². The normalized spacial score (nSPS) is 30.7. The van der Waals surface area contributed by atoms with Crippen molar-refractivity contribution >= 4 is 0 Å². The Morgan fingerprint density at radius 2 is 1.94 bits per heavy atom. The van der Waals surface area contributed by atoms with Crippen molar-refractivity contribution in [3.05, 3.63) is 0 Å². The topological polar surface area (TPSA) is 15.3 Å². The summed E-state index contributed by atoms with van der Waals surface area (Å²) in [5.74, 6) is 1.01. The fraction of sp³-hybridized carbons (Fsp3) is 1.00. The SMILES string of the molecule is CCCCCCN1CC(C2CC2)NCC1CC. The second-order valence-corrected chi connectivity index (χ2v) is 5.97. The average Bonchev–Trinajstić information content (AvgIpc) is 3.18. The van der Waals surface area contributed by atoms with E-state index in [1.165, 1.54) is 64.6 Å². The van der Waals surface area contributed by atoms with Crippen LogP contribution < -0.4 is 5.32 Å². The highest BCUT2D eigenvalue weighted by molar-refractivity contribution is 4.94. The summed E-state index contributed by atoms with van der Waals surface area (Å²) in [6.45, 7) is 8.51. The minimum Gasteiger partial charge on any atom is -0.311 e. The van der Waals surface area contributed by atoms with E-state index in [9.17, 15) is 0 Å². The van der Waals surface area contributed by atoms with Crippen LogP contribution in [0.5, 0.6) is 0 Å². The highest BCUT2D eigenvalue weighted by atomic mass is 15.2. The van der Waals surface area contributed by atoms with Crippen molar-refractivity contribution in [3.8, 4) is 0 Å². The Morgan fingerprint density at radius 3 is 2.59 bits per heavy atom. The molecule has 2 aliphatic rings. The third-order valence-corrected chi connectivity index (χ3v) is 4.52. The molecule has 1 heterocycles. The Kier molecular flexibility index (Phi) is 5.30. The molecule has 100 valence electrons. The van der Waals surface area contributed by atoms with Gasteiger partial charge in [-0.15, -0.1) is 0 Å². The maximum atomic E-state index is 3.77. The molecule has 2 nitrogen and oxygen atoms in total. The largest absolute Gasteiger partial charge is 0.311 e. The number of unbranched alkanes of at least 4 members (excludes halogenated alkanes) is 3. The molecule has 17 heavy (non-hydrogen) atoms. The molecule has 1 aliphatic heterocycles. The van der Waals surface area contributed by atoms with E-state index in [1.807, 2.05) is 0 Å². The highest BCUT2D eigenvalue weighted by Crippen LogP contribution is 2.34. The molecule has 0 aromatic carbocycles. The van der Waals surface area contributed by atoms with Gasteiger partial charge in [-0.25, -0.2) is 0 Å². The first-order chi connectivity index (χ1) is 8.35. The third-order valence-electron chi connectivity index (χ3n) is 4.52. The van der Waals surface area contributed by atoms with E-state index in [2.05, 4.69) is 24.1 Å². The maximum absolute atomic E-state index is 3.77. The summed E-state index contributed by atoms with van der Waals surface area (Å²) in [5.41, 5.74) is 0. The molecule has 1 aliphatic carbocycles. The molecule has 0 radical (unpaired) electrons. The summed E-state index contributed by atoms with van der Waals surface area (Å²) < 4.78 is 0. The van der Waals surface area contributed by atoms with Crippen molar-refractivity contribution < 1.29 is 0 Å². The van der Waals surface area contributed by atoms with E-state index >= 15 is 0 Å². The quantitative estimate of drug-likeness (QED) is 0.686. The molecular formula is C15H30N2. The fourth-order valence-electron chi connectivity index (χ4n) is 3.12. The predicted molar refractivity (Wildman–Crippen MR) is 74.3 cm³/mol. The second kappa shape index (κ2) is 6.75. The van der Waals surface area contributed by atoms with Crippen LogP contribution in [0.4, 0.5) is 0 Å². The van der Waals surface area contributed by atoms with Crippen LogP contribution in [0.15, 0.2) is 0 Å². The number of hydrogen-bond donors (Lipinski definition) is 1. The van der Waals surface area contributed by atoms with Gasteiger partial charge in [-0.3, -0.25) is 4.90 Å². The molecule has 0 aromatic rings. The number of nitrogens with one attached hydrogen (secondary N) is 1. The Bertz CT molecular complexity index is 213. The Labute approximate surface area is 107 Å². The molecule has 2 unspecified atom stereocenters. The third kappa shape index (κ3) is 3.96. The molecule has 0 aromatic heterocycles. The van der Waals surface area contributed by atoms with Crippen LogP contribution in [0.1, 0.15) is 58.8 Å². The summed E-state index contributed by atoms with van der Waals surface area (Å²) in [6.07, 6.45) is 9.83. The zero-order chi connectivity index (χ0) is 12.1. The van der Waals surface area contributed by atoms with E-state index in [1.54, 1.807) is 0 Å². The van der Waals surface area contributed by atoms with Crippen LogP contribution in [0, 0.1) is 5.92 Å². The molecule has 2 rings (SSSR count). The van der Waals surface area contributed by atoms with Gasteiger partial charge in [0.05, 0.1) is 0 Å². The molecule has 0 spiro atoms. The standard InChI is InChI=1S/C15H30N2/c1-3-5-6-7-10-17-12-15(13-8-9-13)16-11-14(17)4-2/h13-16H,3-12H2,1-2H3. The molecule has 0 amide bonds. The zero-order valence-corrected chi connectivity index (χ0v) is 11.8. The zero-order valence-electron chi connectivity index (χ0n) is 11.8. The first kappa shape index (κ1) is 13.4. The summed E-state index contributed by atoms with van der Waals surface area (Å²) >= 11 is 0. The summed E-state index contributed by atoms with van der Waals surface area (Å²) in [4.78, 5) is 2.77. The van der Waals surface area contributed by atoms with Gasteiger partial charge in [-0.1, -0.05) is 33.1 Å². The molecule has 2 atom stereocenters. The number of rotatable bonds is 7. The Hall–Kier alpha value is -0.0800. The lowest BCUT2D eigenvalue weighted by Crippen LogP contribution is -2.57. The lowest BCUT2D eigenvalue weighted by atomic mass is 10.0. The van der Waals surface area contributed by atoms with Crippen LogP contribution in [-0.4, -0.2) is 36.6 Å². The Balaban J connectivity index is 1.73. The molecule has 1 saturated carbocycles. The van der Waals surface area contributed by atoms with Gasteiger partial charge in [-0.2, -0.15) is 0 Å². The van der Waals surface area contributed by atoms with Gasteiger partial charge in [0.2, 0.25) is 0 Å². The van der Waals surface area contributed by atoms with Crippen LogP contribution in [0.3, 0.4) is 0 Å². The first-order valence-electron chi connectivity index (χ1n) is 7.82. The molecule has 2 fully saturated rings. The van der Waals surface area contributed by atoms with Gasteiger partial charge in [0.25, 0.3) is 0 Å². The number of piperazine rings is 1. The molecule has 2 heteroatoms. The van der Waals surface area contributed by atoms with Gasteiger partial charge >= 0.3 is 0 Å². The number of nitrogens with zero attached hydrogens (tertiary/aromatic N) is 1. The molecule has 1 saturated heterocycles. The summed E-state index contributed by atoms with van der Waals surface area (Å²) in [7, 11) is 0. The summed E-state index contributed by atoms with van der Waals surface area (Å²) in [6, 6.07) is 1.61. The van der Waals surface area contributed by atoms with E-state index in [-0.39, 0.29) is 0 Å². The minimum absolute atomic E-state index is 0.798. The summed E-state index contributed by atoms with van der Waals surface area (Å²) in [5, 5.41) is 3.77. The van der Waals surface area contributed by atoms with Gasteiger partial charge in [0.1, 0.15) is 0 Å². The van der Waals surface area contributed by atoms with Crippen LogP contribution in [-0.2, 0) is 0 Å². The van der Waals surface area contributed by atoms with Crippen molar-refractivity contribution in [1.29, 1.82) is 0 Å². The Morgan fingerprint density at radius 1 is 1.12 bits per heavy atom. The highest BCUT2D eigenvalue weighted by Gasteiger charge is 2.36. The van der Waals surface area contributed by atoms with Crippen molar-refractivity contribution in [2.45, 2.75) is 70.9 Å². The monoisotopic (exact) mass is 238 g/mol. The van der Waals surface area contributed by atoms with Crippen molar-refractivity contribution in [2.24, 2.45) is 5.92 Å². The maximum Gasteiger partial charge on any atom is 0.0224 e. The fourth-order valence-corrected chi connectivity index (χ4v) is 3.12. The van der Waals surface area contributed by atoms with Crippen LogP contribution in [0.25, 0.3) is 0 Å². The van der Waals surface area contributed by atoms with E-state index < -0.39 is 0 Å². The van der Waals surface area contributed by atoms with Gasteiger partial charge in [0.15, 0.2) is 0 Å². The lowest BCUT2D eigenvalue weighted by molar-refractivity contribution is 0.117. The molecular weight excluding hydrogens is 208 g/mol. The smallest absolute Gasteiger partial charge is 0.0224 e. The van der Waals surface area contributed by atoms with Crippen molar-refractivity contribution in [3.63, 3.8) is 0 Å². The first-order valence-corrected chi connectivity index (χ1v) is 7.82. The predicted octanol–water partition coefficient (Wildman–Crippen LogP) is 3.03. The second-order valence-electron chi connectivity index (χ2n) is 5.97. The van der Waals surface area contributed by atoms with E-state index in [0.29, 0.717) is 0 Å². The van der Waals surface area contributed by atoms with Crippen molar-refractivity contribution in [2.75, 3.05) is 19.6 Å².